The number of methoxy groups -OCH3 is 3. The van der Waals surface area contributed by atoms with Gasteiger partial charge in [0.1, 0.15) is 5.75 Å². The Morgan fingerprint density at radius 1 is 0.968 bits per heavy atom. The van der Waals surface area contributed by atoms with Gasteiger partial charge in [-0.05, 0) is 43.2 Å². The van der Waals surface area contributed by atoms with Crippen molar-refractivity contribution in [2.75, 3.05) is 39.7 Å². The molecule has 0 saturated carbocycles. The zero-order valence-corrected chi connectivity index (χ0v) is 19.1. The number of hydrogen-bond acceptors (Lipinski definition) is 6. The van der Waals surface area contributed by atoms with Gasteiger partial charge in [0.05, 0.1) is 31.9 Å². The number of ether oxygens (including phenoxy) is 3. The summed E-state index contributed by atoms with van der Waals surface area (Å²) in [4.78, 5) is 12.8. The highest BCUT2D eigenvalue weighted by Gasteiger charge is 2.33. The molecule has 0 bridgehead atoms. The van der Waals surface area contributed by atoms with Gasteiger partial charge in [0.2, 0.25) is 15.9 Å². The van der Waals surface area contributed by atoms with Crippen molar-refractivity contribution in [2.24, 2.45) is 5.92 Å². The van der Waals surface area contributed by atoms with E-state index in [1.54, 1.807) is 24.3 Å². The van der Waals surface area contributed by atoms with Crippen molar-refractivity contribution in [3.05, 3.63) is 41.4 Å². The smallest absolute Gasteiger partial charge is 0.243 e. The lowest BCUT2D eigenvalue weighted by Gasteiger charge is -2.30. The molecule has 3 rings (SSSR count). The molecule has 168 valence electrons. The van der Waals surface area contributed by atoms with E-state index in [1.165, 1.54) is 37.8 Å². The van der Waals surface area contributed by atoms with Crippen molar-refractivity contribution in [3.63, 3.8) is 0 Å². The molecule has 2 aromatic carbocycles. The van der Waals surface area contributed by atoms with Crippen molar-refractivity contribution >= 4 is 33.2 Å². The largest absolute Gasteiger partial charge is 0.495 e. The fraction of sp³-hybridized carbons (Fsp3) is 0.381. The fourth-order valence-electron chi connectivity index (χ4n) is 3.50. The maximum atomic E-state index is 13.0. The maximum Gasteiger partial charge on any atom is 0.243 e. The second-order valence-corrected chi connectivity index (χ2v) is 9.40. The predicted octanol–water partition coefficient (Wildman–Crippen LogP) is 3.41. The van der Waals surface area contributed by atoms with Gasteiger partial charge in [-0.3, -0.25) is 4.79 Å². The van der Waals surface area contributed by atoms with Crippen molar-refractivity contribution < 1.29 is 27.4 Å². The zero-order valence-electron chi connectivity index (χ0n) is 17.6. The number of nitrogens with zero attached hydrogens (tertiary/aromatic N) is 1. The van der Waals surface area contributed by atoms with Crippen LogP contribution in [0, 0.1) is 5.92 Å². The first-order valence-electron chi connectivity index (χ1n) is 9.66. The second-order valence-electron chi connectivity index (χ2n) is 7.03. The summed E-state index contributed by atoms with van der Waals surface area (Å²) in [5, 5.41) is 3.32. The van der Waals surface area contributed by atoms with E-state index in [1.807, 2.05) is 0 Å². The fourth-order valence-corrected chi connectivity index (χ4v) is 5.15. The highest BCUT2D eigenvalue weighted by molar-refractivity contribution is 7.89. The molecule has 0 atom stereocenters. The number of carbonyl (C=O) groups excluding carboxylic acids is 1. The first-order valence-corrected chi connectivity index (χ1v) is 11.5. The van der Waals surface area contributed by atoms with E-state index < -0.39 is 10.0 Å². The average molecular weight is 469 g/mol. The Labute approximate surface area is 187 Å². The number of benzene rings is 2. The standard InChI is InChI=1S/C21H25ClN2O6S/c1-28-18-6-4-15(22)12-17(18)23-21(25)14-8-10-24(11-9-14)31(26,27)16-5-7-19(29-2)20(13-16)30-3/h4-7,12-14H,8-11H2,1-3H3,(H,23,25). The number of sulfonamides is 1. The summed E-state index contributed by atoms with van der Waals surface area (Å²) in [6.45, 7) is 0.475. The first-order chi connectivity index (χ1) is 14.8. The lowest BCUT2D eigenvalue weighted by molar-refractivity contribution is -0.120. The van der Waals surface area contributed by atoms with Gasteiger partial charge in [-0.2, -0.15) is 4.31 Å². The minimum absolute atomic E-state index is 0.122. The van der Waals surface area contributed by atoms with Gasteiger partial charge in [-0.1, -0.05) is 11.6 Å². The lowest BCUT2D eigenvalue weighted by Crippen LogP contribution is -2.41. The quantitative estimate of drug-likeness (QED) is 0.669. The predicted molar refractivity (Wildman–Crippen MR) is 118 cm³/mol. The minimum atomic E-state index is -3.72. The molecule has 2 aromatic rings. The van der Waals surface area contributed by atoms with Crippen LogP contribution in [0.5, 0.6) is 17.2 Å². The normalized spacial score (nSPS) is 15.4. The Bertz CT molecular complexity index is 1050. The van der Waals surface area contributed by atoms with E-state index in [-0.39, 0.29) is 29.8 Å². The van der Waals surface area contributed by atoms with Crippen LogP contribution in [0.4, 0.5) is 5.69 Å². The molecule has 1 N–H and O–H groups in total. The lowest BCUT2D eigenvalue weighted by atomic mass is 9.97. The summed E-state index contributed by atoms with van der Waals surface area (Å²) in [5.74, 6) is 0.789. The first kappa shape index (κ1) is 23.2. The SMILES string of the molecule is COc1ccc(Cl)cc1NC(=O)C1CCN(S(=O)(=O)c2ccc(OC)c(OC)c2)CC1. The highest BCUT2D eigenvalue weighted by Crippen LogP contribution is 2.33. The van der Waals surface area contributed by atoms with Crippen LogP contribution >= 0.6 is 11.6 Å². The molecule has 0 radical (unpaired) electrons. The molecule has 1 saturated heterocycles. The Kier molecular flexibility index (Phi) is 7.30. The minimum Gasteiger partial charge on any atom is -0.495 e. The molecule has 8 nitrogen and oxygen atoms in total. The van der Waals surface area contributed by atoms with Crippen LogP contribution in [0.15, 0.2) is 41.3 Å². The van der Waals surface area contributed by atoms with Crippen LogP contribution in [0.1, 0.15) is 12.8 Å². The Balaban J connectivity index is 1.67. The molecule has 0 unspecified atom stereocenters. The molecule has 1 heterocycles. The van der Waals surface area contributed by atoms with Crippen LogP contribution in [0.25, 0.3) is 0 Å². The van der Waals surface area contributed by atoms with Gasteiger partial charge in [0.25, 0.3) is 0 Å². The molecule has 1 amide bonds. The Hall–Kier alpha value is -2.49. The van der Waals surface area contributed by atoms with Crippen LogP contribution in [-0.4, -0.2) is 53.0 Å². The second kappa shape index (κ2) is 9.76. The summed E-state index contributed by atoms with van der Waals surface area (Å²) in [6.07, 6.45) is 0.808. The van der Waals surface area contributed by atoms with Crippen LogP contribution in [0.2, 0.25) is 5.02 Å². The Morgan fingerprint density at radius 2 is 1.58 bits per heavy atom. The number of piperidine rings is 1. The summed E-state index contributed by atoms with van der Waals surface area (Å²) in [6, 6.07) is 9.46. The average Bonchev–Trinajstić information content (AvgIpc) is 2.78. The molecular weight excluding hydrogens is 444 g/mol. The van der Waals surface area contributed by atoms with Crippen LogP contribution in [0.3, 0.4) is 0 Å². The highest BCUT2D eigenvalue weighted by atomic mass is 35.5. The van der Waals surface area contributed by atoms with E-state index in [0.717, 1.165) is 0 Å². The summed E-state index contributed by atoms with van der Waals surface area (Å²) in [7, 11) is 0.734. The zero-order chi connectivity index (χ0) is 22.6. The molecule has 0 aromatic heterocycles. The molecule has 1 aliphatic rings. The van der Waals surface area contributed by atoms with E-state index >= 15 is 0 Å². The summed E-state index contributed by atoms with van der Waals surface area (Å²) < 4.78 is 43.1. The molecular formula is C21H25ClN2O6S. The molecule has 0 aliphatic carbocycles. The molecule has 0 spiro atoms. The van der Waals surface area contributed by atoms with Gasteiger partial charge < -0.3 is 19.5 Å². The summed E-state index contributed by atoms with van der Waals surface area (Å²) >= 11 is 6.01. The summed E-state index contributed by atoms with van der Waals surface area (Å²) in [5.41, 5.74) is 0.486. The van der Waals surface area contributed by atoms with E-state index in [0.29, 0.717) is 40.8 Å². The van der Waals surface area contributed by atoms with Gasteiger partial charge in [-0.15, -0.1) is 0 Å². The van der Waals surface area contributed by atoms with Crippen molar-refractivity contribution in [2.45, 2.75) is 17.7 Å². The van der Waals surface area contributed by atoms with Crippen molar-refractivity contribution in [1.29, 1.82) is 0 Å². The number of anilines is 1. The third-order valence-electron chi connectivity index (χ3n) is 5.24. The van der Waals surface area contributed by atoms with Gasteiger partial charge in [0, 0.05) is 30.1 Å². The van der Waals surface area contributed by atoms with Gasteiger partial charge in [-0.25, -0.2) is 8.42 Å². The third-order valence-corrected chi connectivity index (χ3v) is 7.37. The molecule has 1 aliphatic heterocycles. The number of halogens is 1. The van der Waals surface area contributed by atoms with Gasteiger partial charge >= 0.3 is 0 Å². The Morgan fingerprint density at radius 3 is 2.19 bits per heavy atom. The molecule has 1 fully saturated rings. The monoisotopic (exact) mass is 468 g/mol. The van der Waals surface area contributed by atoms with E-state index in [2.05, 4.69) is 5.32 Å². The van der Waals surface area contributed by atoms with Crippen molar-refractivity contribution in [3.8, 4) is 17.2 Å². The number of carbonyl (C=O) groups is 1. The number of amides is 1. The van der Waals surface area contributed by atoms with Crippen LogP contribution in [-0.2, 0) is 14.8 Å². The van der Waals surface area contributed by atoms with E-state index in [4.69, 9.17) is 25.8 Å². The molecule has 31 heavy (non-hydrogen) atoms. The number of rotatable bonds is 7. The molecule has 10 heteroatoms. The third kappa shape index (κ3) is 5.06. The van der Waals surface area contributed by atoms with E-state index in [9.17, 15) is 13.2 Å². The number of nitrogens with one attached hydrogen (secondary N) is 1. The maximum absolute atomic E-state index is 13.0. The van der Waals surface area contributed by atoms with Gasteiger partial charge in [0.15, 0.2) is 11.5 Å². The van der Waals surface area contributed by atoms with Crippen LogP contribution < -0.4 is 19.5 Å². The van der Waals surface area contributed by atoms with Crippen molar-refractivity contribution in [1.82, 2.24) is 4.31 Å². The topological polar surface area (TPSA) is 94.2 Å². The number of hydrogen-bond donors (Lipinski definition) is 1.